The molecule has 0 atom stereocenters. The van der Waals surface area contributed by atoms with E-state index in [0.29, 0.717) is 10.8 Å². The monoisotopic (exact) mass is 487 g/mol. The lowest BCUT2D eigenvalue weighted by atomic mass is 10.3. The van der Waals surface area contributed by atoms with Gasteiger partial charge in [0.2, 0.25) is 0 Å². The third-order valence-corrected chi connectivity index (χ3v) is 5.27. The summed E-state index contributed by atoms with van der Waals surface area (Å²) >= 11 is 14.8. The fourth-order valence-corrected chi connectivity index (χ4v) is 2.27. The summed E-state index contributed by atoms with van der Waals surface area (Å²) < 4.78 is 8.02. The first-order valence-corrected chi connectivity index (χ1v) is 7.54. The van der Waals surface area contributed by atoms with E-state index in [2.05, 4.69) is 59.4 Å². The van der Waals surface area contributed by atoms with Gasteiger partial charge < -0.3 is 4.42 Å². The molecule has 0 bridgehead atoms. The molecule has 0 aliphatic heterocycles. The lowest BCUT2D eigenvalue weighted by Crippen LogP contribution is -1.75. The first-order chi connectivity index (χ1) is 8.06. The Morgan fingerprint density at radius 2 is 2.00 bits per heavy atom. The summed E-state index contributed by atoms with van der Waals surface area (Å²) in [4.78, 5) is 4.28. The van der Waals surface area contributed by atoms with Gasteiger partial charge in [0.25, 0.3) is 0 Å². The molecule has 0 saturated carbocycles. The molecule has 6 heteroatoms. The molecule has 88 valence electrons. The van der Waals surface area contributed by atoms with E-state index in [1.165, 1.54) is 0 Å². The molecule has 0 N–H and O–H groups in total. The van der Waals surface area contributed by atoms with Crippen molar-refractivity contribution in [2.45, 2.75) is 0 Å². The molecule has 2 rings (SSSR count). The van der Waals surface area contributed by atoms with E-state index in [4.69, 9.17) is 16.0 Å². The summed E-state index contributed by atoms with van der Waals surface area (Å²) in [5.41, 5.74) is 0.778. The van der Waals surface area contributed by atoms with Crippen molar-refractivity contribution in [1.82, 2.24) is 0 Å². The minimum absolute atomic E-state index is 0.634. The minimum Gasteiger partial charge on any atom is -0.448 e. The third kappa shape index (κ3) is 3.56. The van der Waals surface area contributed by atoms with Gasteiger partial charge in [-0.2, -0.15) is 0 Å². The van der Waals surface area contributed by atoms with E-state index >= 15 is 0 Å². The topological polar surface area (TPSA) is 25.5 Å². The highest BCUT2D eigenvalue weighted by atomic mass is 127. The fraction of sp³-hybridized carbons (Fsp3) is 0. The highest BCUT2D eigenvalue weighted by molar-refractivity contribution is 14.1. The first kappa shape index (κ1) is 13.6. The Hall–Kier alpha value is 0.150. The number of hydrogen-bond donors (Lipinski definition) is 0. The summed E-state index contributed by atoms with van der Waals surface area (Å²) in [5, 5.41) is 0.634. The summed E-state index contributed by atoms with van der Waals surface area (Å²) in [6.07, 6.45) is 1.66. The zero-order chi connectivity index (χ0) is 12.4. The Balaban J connectivity index is 2.22. The van der Waals surface area contributed by atoms with Crippen LogP contribution in [0.2, 0.25) is 5.02 Å². The largest absolute Gasteiger partial charge is 0.448 e. The molecule has 0 aliphatic carbocycles. The molecule has 2 aromatic rings. The fourth-order valence-electron chi connectivity index (χ4n) is 1.13. The lowest BCUT2D eigenvalue weighted by molar-refractivity contribution is 0.530. The van der Waals surface area contributed by atoms with Crippen molar-refractivity contribution in [2.75, 3.05) is 0 Å². The van der Waals surface area contributed by atoms with Crippen LogP contribution in [0.5, 0.6) is 0 Å². The van der Waals surface area contributed by atoms with Gasteiger partial charge in [-0.3, -0.25) is 4.99 Å². The van der Waals surface area contributed by atoms with E-state index in [0.717, 1.165) is 18.4 Å². The van der Waals surface area contributed by atoms with Crippen molar-refractivity contribution in [3.05, 3.63) is 47.8 Å². The van der Waals surface area contributed by atoms with Crippen LogP contribution in [0, 0.1) is 3.77 Å². The van der Waals surface area contributed by atoms with Crippen molar-refractivity contribution in [3.8, 4) is 0 Å². The molecule has 0 aliphatic rings. The van der Waals surface area contributed by atoms with Crippen LogP contribution in [-0.4, -0.2) is 6.21 Å². The van der Waals surface area contributed by atoms with Crippen LogP contribution in [-0.2, 0) is 0 Å². The average Bonchev–Trinajstić information content (AvgIpc) is 2.60. The van der Waals surface area contributed by atoms with Gasteiger partial charge in [-0.05, 0) is 50.1 Å². The minimum atomic E-state index is 0.634. The van der Waals surface area contributed by atoms with Crippen LogP contribution in [0.4, 0.5) is 5.69 Å². The van der Waals surface area contributed by atoms with Gasteiger partial charge in [-0.1, -0.05) is 11.6 Å². The van der Waals surface area contributed by atoms with E-state index in [9.17, 15) is 0 Å². The van der Waals surface area contributed by atoms with Crippen LogP contribution in [0.25, 0.3) is 0 Å². The molecule has 1 aromatic carbocycles. The summed E-state index contributed by atoms with van der Waals surface area (Å²) in [6.45, 7) is 0. The number of aliphatic imine (C=N–C) groups is 1. The van der Waals surface area contributed by atoms with Gasteiger partial charge in [-0.15, -0.1) is 0 Å². The smallest absolute Gasteiger partial charge is 0.178 e. The molecule has 0 spiro atoms. The van der Waals surface area contributed by atoms with Crippen LogP contribution in [0.3, 0.4) is 0 Å². The van der Waals surface area contributed by atoms with Crippen molar-refractivity contribution >= 4 is 78.0 Å². The number of nitrogens with zero attached hydrogens (tertiary/aromatic N) is 1. The predicted molar refractivity (Wildman–Crippen MR) is 85.5 cm³/mol. The van der Waals surface area contributed by atoms with Crippen molar-refractivity contribution in [1.29, 1.82) is 0 Å². The van der Waals surface area contributed by atoms with Crippen molar-refractivity contribution < 1.29 is 4.42 Å². The summed E-state index contributed by atoms with van der Waals surface area (Å²) in [6, 6.07) is 7.38. The number of furan rings is 1. The molecule has 1 heterocycles. The first-order valence-electron chi connectivity index (χ1n) is 4.50. The van der Waals surface area contributed by atoms with Gasteiger partial charge in [0.05, 0.1) is 21.4 Å². The van der Waals surface area contributed by atoms with Gasteiger partial charge in [0, 0.05) is 33.1 Å². The zero-order valence-electron chi connectivity index (χ0n) is 8.25. The van der Waals surface area contributed by atoms with E-state index in [1.807, 2.05) is 18.2 Å². The quantitative estimate of drug-likeness (QED) is 0.386. The highest BCUT2D eigenvalue weighted by Crippen LogP contribution is 2.27. The molecular formula is C11H5Br2ClINO. The summed E-state index contributed by atoms with van der Waals surface area (Å²) in [7, 11) is 0. The number of rotatable bonds is 2. The SMILES string of the molecule is Clc1cc(N=Cc2cc(Br)c(I)o2)ccc1Br. The number of benzene rings is 1. The Morgan fingerprint density at radius 3 is 2.59 bits per heavy atom. The molecule has 0 amide bonds. The van der Waals surface area contributed by atoms with Crippen LogP contribution < -0.4 is 0 Å². The second kappa shape index (κ2) is 5.86. The van der Waals surface area contributed by atoms with Gasteiger partial charge in [0.1, 0.15) is 5.76 Å². The normalized spacial score (nSPS) is 11.3. The van der Waals surface area contributed by atoms with Crippen LogP contribution in [0.1, 0.15) is 5.76 Å². The lowest BCUT2D eigenvalue weighted by Gasteiger charge is -1.96. The Bertz CT molecular complexity index is 563. The Morgan fingerprint density at radius 1 is 1.24 bits per heavy atom. The maximum Gasteiger partial charge on any atom is 0.178 e. The van der Waals surface area contributed by atoms with Crippen molar-refractivity contribution in [2.24, 2.45) is 4.99 Å². The molecule has 0 radical (unpaired) electrons. The highest BCUT2D eigenvalue weighted by Gasteiger charge is 2.03. The predicted octanol–water partition coefficient (Wildman–Crippen LogP) is 5.81. The van der Waals surface area contributed by atoms with Gasteiger partial charge >= 0.3 is 0 Å². The van der Waals surface area contributed by atoms with Gasteiger partial charge in [-0.25, -0.2) is 0 Å². The molecular weight excluding hydrogens is 484 g/mol. The van der Waals surface area contributed by atoms with E-state index < -0.39 is 0 Å². The molecule has 2 nitrogen and oxygen atoms in total. The maximum atomic E-state index is 5.97. The molecule has 0 saturated heterocycles. The second-order valence-corrected chi connectivity index (χ2v) is 6.22. The Kier molecular flexibility index (Phi) is 4.68. The number of hydrogen-bond acceptors (Lipinski definition) is 2. The zero-order valence-corrected chi connectivity index (χ0v) is 14.3. The van der Waals surface area contributed by atoms with Crippen LogP contribution >= 0.6 is 66.1 Å². The van der Waals surface area contributed by atoms with Gasteiger partial charge in [0.15, 0.2) is 3.77 Å². The standard InChI is InChI=1S/C11H5Br2ClINO/c12-8-2-1-6(3-10(8)14)16-5-7-4-9(13)11(15)17-7/h1-5H. The Labute approximate surface area is 134 Å². The maximum absolute atomic E-state index is 5.97. The second-order valence-electron chi connectivity index (χ2n) is 3.13. The average molecular weight is 489 g/mol. The third-order valence-electron chi connectivity index (χ3n) is 1.91. The van der Waals surface area contributed by atoms with Crippen molar-refractivity contribution in [3.63, 3.8) is 0 Å². The molecule has 0 unspecified atom stereocenters. The molecule has 0 fully saturated rings. The van der Waals surface area contributed by atoms with Crippen LogP contribution in [0.15, 0.2) is 42.6 Å². The number of halogens is 4. The molecule has 17 heavy (non-hydrogen) atoms. The molecule has 1 aromatic heterocycles. The van der Waals surface area contributed by atoms with E-state index in [1.54, 1.807) is 12.3 Å². The van der Waals surface area contributed by atoms with E-state index in [-0.39, 0.29) is 0 Å². The summed E-state index contributed by atoms with van der Waals surface area (Å²) in [5.74, 6) is 0.695.